The molecule has 0 aliphatic heterocycles. The number of rotatable bonds is 5. The SMILES string of the molecule is CCC(CC)CN(CC)C(=O)n1cc[n+](C)c1. The van der Waals surface area contributed by atoms with Gasteiger partial charge in [-0.05, 0) is 12.8 Å². The first-order chi connectivity index (χ1) is 8.12. The van der Waals surface area contributed by atoms with Gasteiger partial charge >= 0.3 is 6.03 Å². The van der Waals surface area contributed by atoms with Gasteiger partial charge in [0.2, 0.25) is 0 Å². The van der Waals surface area contributed by atoms with Gasteiger partial charge in [0, 0.05) is 13.1 Å². The highest BCUT2D eigenvalue weighted by Crippen LogP contribution is 2.10. The van der Waals surface area contributed by atoms with Crippen molar-refractivity contribution in [3.63, 3.8) is 0 Å². The van der Waals surface area contributed by atoms with Gasteiger partial charge in [-0.2, -0.15) is 4.57 Å². The summed E-state index contributed by atoms with van der Waals surface area (Å²) >= 11 is 0. The quantitative estimate of drug-likeness (QED) is 0.722. The van der Waals surface area contributed by atoms with Crippen molar-refractivity contribution in [3.05, 3.63) is 18.7 Å². The number of aryl methyl sites for hydroxylation is 1. The molecule has 0 saturated heterocycles. The molecule has 0 aromatic carbocycles. The average molecular weight is 238 g/mol. The zero-order valence-electron chi connectivity index (χ0n) is 11.4. The molecule has 1 amide bonds. The van der Waals surface area contributed by atoms with Gasteiger partial charge in [-0.15, -0.1) is 0 Å². The summed E-state index contributed by atoms with van der Waals surface area (Å²) in [5, 5.41) is 0. The van der Waals surface area contributed by atoms with Crippen LogP contribution >= 0.6 is 0 Å². The lowest BCUT2D eigenvalue weighted by Crippen LogP contribution is -2.38. The molecule has 0 fully saturated rings. The Kier molecular flexibility index (Phi) is 5.19. The molecule has 17 heavy (non-hydrogen) atoms. The van der Waals surface area contributed by atoms with Crippen LogP contribution in [0.1, 0.15) is 33.6 Å². The Morgan fingerprint density at radius 1 is 1.35 bits per heavy atom. The lowest BCUT2D eigenvalue weighted by atomic mass is 10.0. The summed E-state index contributed by atoms with van der Waals surface area (Å²) in [5.74, 6) is 0.600. The minimum absolute atomic E-state index is 0.0694. The molecule has 0 unspecified atom stereocenters. The van der Waals surface area contributed by atoms with Gasteiger partial charge in [0.05, 0.1) is 7.05 Å². The molecule has 0 radical (unpaired) electrons. The molecule has 1 rings (SSSR count). The summed E-state index contributed by atoms with van der Waals surface area (Å²) in [5.41, 5.74) is 0. The van der Waals surface area contributed by atoms with Gasteiger partial charge in [0.15, 0.2) is 0 Å². The van der Waals surface area contributed by atoms with Gasteiger partial charge in [-0.3, -0.25) is 0 Å². The maximum absolute atomic E-state index is 12.2. The van der Waals surface area contributed by atoms with Gasteiger partial charge in [0.25, 0.3) is 6.33 Å². The molecule has 4 nitrogen and oxygen atoms in total. The minimum atomic E-state index is 0.0694. The maximum Gasteiger partial charge on any atom is 0.415 e. The second-order valence-electron chi connectivity index (χ2n) is 4.49. The molecule has 1 heterocycles. The van der Waals surface area contributed by atoms with Crippen LogP contribution in [0.25, 0.3) is 0 Å². The Morgan fingerprint density at radius 3 is 2.41 bits per heavy atom. The standard InChI is InChI=1S/C13H24N3O/c1-5-12(6-2)10-15(7-3)13(17)16-9-8-14(4)11-16/h8-9,11-12H,5-7,10H2,1-4H3/q+1. The zero-order valence-corrected chi connectivity index (χ0v) is 11.4. The third kappa shape index (κ3) is 3.58. The van der Waals surface area contributed by atoms with Crippen LogP contribution in [0.3, 0.4) is 0 Å². The maximum atomic E-state index is 12.2. The monoisotopic (exact) mass is 238 g/mol. The Bertz CT molecular complexity index is 355. The van der Waals surface area contributed by atoms with E-state index in [0.717, 1.165) is 25.9 Å². The lowest BCUT2D eigenvalue weighted by molar-refractivity contribution is -0.670. The van der Waals surface area contributed by atoms with Gasteiger partial charge in [-0.25, -0.2) is 9.36 Å². The van der Waals surface area contributed by atoms with Crippen molar-refractivity contribution in [1.82, 2.24) is 9.47 Å². The van der Waals surface area contributed by atoms with Crippen LogP contribution in [0.5, 0.6) is 0 Å². The molecular weight excluding hydrogens is 214 g/mol. The molecule has 96 valence electrons. The van der Waals surface area contributed by atoms with E-state index in [2.05, 4.69) is 13.8 Å². The first-order valence-corrected chi connectivity index (χ1v) is 6.44. The summed E-state index contributed by atoms with van der Waals surface area (Å²) in [6.07, 6.45) is 7.73. The number of hydrogen-bond donors (Lipinski definition) is 0. The molecule has 4 heteroatoms. The van der Waals surface area contributed by atoms with Crippen LogP contribution in [0.4, 0.5) is 4.79 Å². The molecule has 0 saturated carbocycles. The molecule has 0 N–H and O–H groups in total. The number of nitrogens with zero attached hydrogens (tertiary/aromatic N) is 3. The van der Waals surface area contributed by atoms with Gasteiger partial charge < -0.3 is 4.90 Å². The van der Waals surface area contributed by atoms with E-state index in [1.165, 1.54) is 0 Å². The second-order valence-corrected chi connectivity index (χ2v) is 4.49. The summed E-state index contributed by atoms with van der Waals surface area (Å²) in [7, 11) is 1.92. The molecule has 1 aromatic heterocycles. The van der Waals surface area contributed by atoms with Crippen molar-refractivity contribution in [1.29, 1.82) is 0 Å². The minimum Gasteiger partial charge on any atom is -0.304 e. The van der Waals surface area contributed by atoms with Crippen LogP contribution in [0.2, 0.25) is 0 Å². The summed E-state index contributed by atoms with van der Waals surface area (Å²) in [6.45, 7) is 8.01. The highest BCUT2D eigenvalue weighted by Gasteiger charge is 2.21. The molecule has 1 aromatic rings. The third-order valence-electron chi connectivity index (χ3n) is 3.28. The number of hydrogen-bond acceptors (Lipinski definition) is 1. The molecule has 0 aliphatic rings. The smallest absolute Gasteiger partial charge is 0.304 e. The van der Waals surface area contributed by atoms with Gasteiger partial charge in [0.1, 0.15) is 12.4 Å². The fourth-order valence-electron chi connectivity index (χ4n) is 1.93. The Morgan fingerprint density at radius 2 is 2.00 bits per heavy atom. The number of aromatic nitrogens is 2. The van der Waals surface area contributed by atoms with E-state index >= 15 is 0 Å². The number of imidazole rings is 1. The topological polar surface area (TPSA) is 29.1 Å². The fraction of sp³-hybridized carbons (Fsp3) is 0.692. The van der Waals surface area contributed by atoms with Crippen LogP contribution in [-0.4, -0.2) is 28.6 Å². The van der Waals surface area contributed by atoms with Crippen molar-refractivity contribution in [2.45, 2.75) is 33.6 Å². The Balaban J connectivity index is 2.70. The van der Waals surface area contributed by atoms with Gasteiger partial charge in [-0.1, -0.05) is 26.7 Å². The number of carbonyl (C=O) groups excluding carboxylic acids is 1. The molecule has 0 bridgehead atoms. The lowest BCUT2D eigenvalue weighted by Gasteiger charge is -2.23. The van der Waals surface area contributed by atoms with Crippen molar-refractivity contribution in [3.8, 4) is 0 Å². The number of amides is 1. The Labute approximate surface area is 104 Å². The van der Waals surface area contributed by atoms with Crippen molar-refractivity contribution >= 4 is 6.03 Å². The predicted octanol–water partition coefficient (Wildman–Crippen LogP) is 2.04. The zero-order chi connectivity index (χ0) is 12.8. The first kappa shape index (κ1) is 13.7. The van der Waals surface area contributed by atoms with Crippen LogP contribution in [0.15, 0.2) is 18.7 Å². The van der Waals surface area contributed by atoms with Crippen LogP contribution in [0, 0.1) is 5.92 Å². The largest absolute Gasteiger partial charge is 0.415 e. The van der Waals surface area contributed by atoms with E-state index in [9.17, 15) is 4.79 Å². The normalized spacial score (nSPS) is 10.9. The van der Waals surface area contributed by atoms with Crippen molar-refractivity contribution < 1.29 is 9.36 Å². The molecule has 0 spiro atoms. The highest BCUT2D eigenvalue weighted by molar-refractivity contribution is 5.76. The Hall–Kier alpha value is -1.32. The van der Waals surface area contributed by atoms with Crippen molar-refractivity contribution in [2.75, 3.05) is 13.1 Å². The highest BCUT2D eigenvalue weighted by atomic mass is 16.2. The summed E-state index contributed by atoms with van der Waals surface area (Å²) < 4.78 is 3.52. The average Bonchev–Trinajstić information content (AvgIpc) is 2.77. The third-order valence-corrected chi connectivity index (χ3v) is 3.28. The molecule has 0 atom stereocenters. The van der Waals surface area contributed by atoms with E-state index in [0.29, 0.717) is 5.92 Å². The molecule has 0 aliphatic carbocycles. The molecular formula is C13H24N3O+. The summed E-state index contributed by atoms with van der Waals surface area (Å²) in [6, 6.07) is 0.0694. The predicted molar refractivity (Wildman–Crippen MR) is 67.7 cm³/mol. The van der Waals surface area contributed by atoms with E-state index in [4.69, 9.17) is 0 Å². The second kappa shape index (κ2) is 6.42. The first-order valence-electron chi connectivity index (χ1n) is 6.44. The van der Waals surface area contributed by atoms with E-state index in [1.807, 2.05) is 29.6 Å². The van der Waals surface area contributed by atoms with Crippen LogP contribution < -0.4 is 4.57 Å². The van der Waals surface area contributed by atoms with Crippen LogP contribution in [-0.2, 0) is 7.05 Å². The van der Waals surface area contributed by atoms with Crippen molar-refractivity contribution in [2.24, 2.45) is 13.0 Å². The van der Waals surface area contributed by atoms with E-state index < -0.39 is 0 Å². The van der Waals surface area contributed by atoms with E-state index in [-0.39, 0.29) is 6.03 Å². The summed E-state index contributed by atoms with van der Waals surface area (Å²) in [4.78, 5) is 14.1. The van der Waals surface area contributed by atoms with E-state index in [1.54, 1.807) is 17.1 Å². The fourth-order valence-corrected chi connectivity index (χ4v) is 1.93. The number of carbonyl (C=O) groups is 1.